The van der Waals surface area contributed by atoms with E-state index in [0.717, 1.165) is 5.56 Å². The summed E-state index contributed by atoms with van der Waals surface area (Å²) >= 11 is 5.93. The molecule has 1 heterocycles. The van der Waals surface area contributed by atoms with E-state index in [-0.39, 0.29) is 11.7 Å². The summed E-state index contributed by atoms with van der Waals surface area (Å²) in [6.07, 6.45) is 1.28. The first-order valence-electron chi connectivity index (χ1n) is 6.74. The lowest BCUT2D eigenvalue weighted by atomic mass is 10.1. The highest BCUT2D eigenvalue weighted by molar-refractivity contribution is 6.31. The summed E-state index contributed by atoms with van der Waals surface area (Å²) in [5.41, 5.74) is 0.949. The van der Waals surface area contributed by atoms with E-state index in [1.165, 1.54) is 0 Å². The summed E-state index contributed by atoms with van der Waals surface area (Å²) in [6.45, 7) is 3.32. The highest BCUT2D eigenvalue weighted by Crippen LogP contribution is 2.21. The summed E-state index contributed by atoms with van der Waals surface area (Å²) in [6, 6.07) is 5.43. The van der Waals surface area contributed by atoms with Gasteiger partial charge in [0.2, 0.25) is 5.91 Å². The van der Waals surface area contributed by atoms with E-state index in [0.29, 0.717) is 49.7 Å². The number of halogens is 1. The van der Waals surface area contributed by atoms with Crippen LogP contribution >= 0.6 is 11.6 Å². The fraction of sp³-hybridized carbons (Fsp3) is 0.467. The fourth-order valence-electron chi connectivity index (χ4n) is 2.13. The molecule has 0 radical (unpaired) electrons. The van der Waals surface area contributed by atoms with Gasteiger partial charge in [-0.05, 0) is 30.7 Å². The van der Waals surface area contributed by atoms with Gasteiger partial charge >= 0.3 is 0 Å². The van der Waals surface area contributed by atoms with Crippen molar-refractivity contribution in [1.82, 2.24) is 4.90 Å². The lowest BCUT2D eigenvalue weighted by Crippen LogP contribution is -2.39. The van der Waals surface area contributed by atoms with Gasteiger partial charge in [0.15, 0.2) is 0 Å². The van der Waals surface area contributed by atoms with Crippen molar-refractivity contribution in [3.8, 4) is 5.75 Å². The van der Waals surface area contributed by atoms with Crippen LogP contribution in [0.3, 0.4) is 0 Å². The van der Waals surface area contributed by atoms with E-state index in [9.17, 15) is 9.59 Å². The SMILES string of the molecule is Cc1cc(OCCC(=O)N2CCC(=O)CC2)ccc1Cl. The topological polar surface area (TPSA) is 46.6 Å². The minimum Gasteiger partial charge on any atom is -0.493 e. The molecule has 1 aliphatic rings. The molecule has 2 rings (SSSR count). The van der Waals surface area contributed by atoms with E-state index in [4.69, 9.17) is 16.3 Å². The number of aryl methyl sites for hydroxylation is 1. The van der Waals surface area contributed by atoms with Gasteiger partial charge in [0.1, 0.15) is 11.5 Å². The van der Waals surface area contributed by atoms with E-state index in [2.05, 4.69) is 0 Å². The molecule has 108 valence electrons. The molecule has 1 aromatic rings. The van der Waals surface area contributed by atoms with Crippen LogP contribution in [0.5, 0.6) is 5.75 Å². The Bertz CT molecular complexity index is 506. The maximum absolute atomic E-state index is 11.9. The molecule has 0 aliphatic carbocycles. The third kappa shape index (κ3) is 3.97. The highest BCUT2D eigenvalue weighted by Gasteiger charge is 2.20. The van der Waals surface area contributed by atoms with Crippen molar-refractivity contribution in [3.05, 3.63) is 28.8 Å². The van der Waals surface area contributed by atoms with Crippen LogP contribution in [0.1, 0.15) is 24.8 Å². The number of carbonyl (C=O) groups is 2. The van der Waals surface area contributed by atoms with Crippen molar-refractivity contribution >= 4 is 23.3 Å². The number of benzene rings is 1. The summed E-state index contributed by atoms with van der Waals surface area (Å²) in [5.74, 6) is 0.999. The van der Waals surface area contributed by atoms with Crippen LogP contribution < -0.4 is 4.74 Å². The second-order valence-electron chi connectivity index (χ2n) is 4.93. The summed E-state index contributed by atoms with van der Waals surface area (Å²) in [4.78, 5) is 24.8. The van der Waals surface area contributed by atoms with Crippen LogP contribution in [0.2, 0.25) is 5.02 Å². The van der Waals surface area contributed by atoms with Gasteiger partial charge in [-0.25, -0.2) is 0 Å². The van der Waals surface area contributed by atoms with Gasteiger partial charge in [-0.1, -0.05) is 11.6 Å². The van der Waals surface area contributed by atoms with E-state index < -0.39 is 0 Å². The Labute approximate surface area is 123 Å². The van der Waals surface area contributed by atoms with Gasteiger partial charge < -0.3 is 9.64 Å². The van der Waals surface area contributed by atoms with Gasteiger partial charge in [0.25, 0.3) is 0 Å². The minimum absolute atomic E-state index is 0.0446. The van der Waals surface area contributed by atoms with Crippen LogP contribution in [-0.2, 0) is 9.59 Å². The number of Topliss-reactive ketones (excluding diaryl/α,β-unsaturated/α-hetero) is 1. The quantitative estimate of drug-likeness (QED) is 0.858. The van der Waals surface area contributed by atoms with Crippen LogP contribution in [0.25, 0.3) is 0 Å². The number of ether oxygens (including phenoxy) is 1. The average molecular weight is 296 g/mol. The van der Waals surface area contributed by atoms with Crippen molar-refractivity contribution in [2.75, 3.05) is 19.7 Å². The summed E-state index contributed by atoms with van der Waals surface area (Å²) in [5, 5.41) is 0.700. The number of carbonyl (C=O) groups excluding carboxylic acids is 2. The zero-order valence-electron chi connectivity index (χ0n) is 11.5. The first-order chi connectivity index (χ1) is 9.56. The average Bonchev–Trinajstić information content (AvgIpc) is 2.43. The van der Waals surface area contributed by atoms with Gasteiger partial charge in [-0.3, -0.25) is 9.59 Å². The molecule has 0 spiro atoms. The molecule has 0 aromatic heterocycles. The Balaban J connectivity index is 1.76. The Morgan fingerprint density at radius 3 is 2.70 bits per heavy atom. The first kappa shape index (κ1) is 14.9. The lowest BCUT2D eigenvalue weighted by Gasteiger charge is -2.26. The lowest BCUT2D eigenvalue weighted by molar-refractivity contribution is -0.134. The molecule has 1 saturated heterocycles. The van der Waals surface area contributed by atoms with Crippen molar-refractivity contribution in [3.63, 3.8) is 0 Å². The molecule has 0 N–H and O–H groups in total. The molecule has 0 atom stereocenters. The maximum atomic E-state index is 11.9. The van der Waals surface area contributed by atoms with E-state index in [1.807, 2.05) is 13.0 Å². The molecule has 0 unspecified atom stereocenters. The molecule has 1 aliphatic heterocycles. The number of amides is 1. The number of likely N-dealkylation sites (tertiary alicyclic amines) is 1. The Morgan fingerprint density at radius 2 is 2.05 bits per heavy atom. The summed E-state index contributed by atoms with van der Waals surface area (Å²) in [7, 11) is 0. The molecule has 0 saturated carbocycles. The normalized spacial score (nSPS) is 15.3. The Hall–Kier alpha value is -1.55. The second kappa shape index (κ2) is 6.75. The molecular weight excluding hydrogens is 278 g/mol. The Kier molecular flexibility index (Phi) is 5.01. The maximum Gasteiger partial charge on any atom is 0.226 e. The van der Waals surface area contributed by atoms with Crippen LogP contribution in [0.15, 0.2) is 18.2 Å². The third-order valence-electron chi connectivity index (χ3n) is 3.39. The molecule has 1 aromatic carbocycles. The standard InChI is InChI=1S/C15H18ClNO3/c1-11-10-13(2-3-14(11)16)20-9-6-15(19)17-7-4-12(18)5-8-17/h2-3,10H,4-9H2,1H3. The summed E-state index contributed by atoms with van der Waals surface area (Å²) < 4.78 is 5.55. The fourth-order valence-corrected chi connectivity index (χ4v) is 2.24. The smallest absolute Gasteiger partial charge is 0.226 e. The minimum atomic E-state index is 0.0446. The van der Waals surface area contributed by atoms with Gasteiger partial charge in [0.05, 0.1) is 13.0 Å². The van der Waals surface area contributed by atoms with Crippen LogP contribution in [0.4, 0.5) is 0 Å². The van der Waals surface area contributed by atoms with Gasteiger partial charge in [0, 0.05) is 31.0 Å². The molecular formula is C15H18ClNO3. The van der Waals surface area contributed by atoms with Gasteiger partial charge in [-0.2, -0.15) is 0 Å². The van der Waals surface area contributed by atoms with Crippen LogP contribution in [-0.4, -0.2) is 36.3 Å². The number of hydrogen-bond acceptors (Lipinski definition) is 3. The van der Waals surface area contributed by atoms with Crippen LogP contribution in [0, 0.1) is 6.92 Å². The van der Waals surface area contributed by atoms with Crippen molar-refractivity contribution < 1.29 is 14.3 Å². The molecule has 4 nitrogen and oxygen atoms in total. The second-order valence-corrected chi connectivity index (χ2v) is 5.34. The van der Waals surface area contributed by atoms with Crippen molar-refractivity contribution in [2.45, 2.75) is 26.2 Å². The zero-order valence-corrected chi connectivity index (χ0v) is 12.3. The van der Waals surface area contributed by atoms with Gasteiger partial charge in [-0.15, -0.1) is 0 Å². The first-order valence-corrected chi connectivity index (χ1v) is 7.12. The third-order valence-corrected chi connectivity index (χ3v) is 3.81. The monoisotopic (exact) mass is 295 g/mol. The predicted octanol–water partition coefficient (Wildman–Crippen LogP) is 2.61. The molecule has 5 heteroatoms. The number of rotatable bonds is 4. The molecule has 20 heavy (non-hydrogen) atoms. The number of ketones is 1. The molecule has 0 bridgehead atoms. The predicted molar refractivity (Wildman–Crippen MR) is 77.1 cm³/mol. The zero-order chi connectivity index (χ0) is 14.5. The van der Waals surface area contributed by atoms with Crippen molar-refractivity contribution in [2.24, 2.45) is 0 Å². The Morgan fingerprint density at radius 1 is 1.35 bits per heavy atom. The highest BCUT2D eigenvalue weighted by atomic mass is 35.5. The number of piperidine rings is 1. The number of nitrogens with zero attached hydrogens (tertiary/aromatic N) is 1. The van der Waals surface area contributed by atoms with Crippen molar-refractivity contribution in [1.29, 1.82) is 0 Å². The van der Waals surface area contributed by atoms with E-state index in [1.54, 1.807) is 17.0 Å². The largest absolute Gasteiger partial charge is 0.493 e. The molecule has 1 fully saturated rings. The molecule has 1 amide bonds. The number of hydrogen-bond donors (Lipinski definition) is 0. The van der Waals surface area contributed by atoms with E-state index >= 15 is 0 Å².